The summed E-state index contributed by atoms with van der Waals surface area (Å²) in [6, 6.07) is 7.32. The molecule has 5 heteroatoms. The number of hydrogen-bond donors (Lipinski definition) is 1. The van der Waals surface area contributed by atoms with E-state index in [9.17, 15) is 8.42 Å². The number of benzene rings is 1. The van der Waals surface area contributed by atoms with Gasteiger partial charge in [0.15, 0.2) is 9.84 Å². The van der Waals surface area contributed by atoms with Gasteiger partial charge in [-0.2, -0.15) is 0 Å². The molecule has 1 atom stereocenters. The molecular weight excluding hydrogens is 270 g/mol. The smallest absolute Gasteiger partial charge is 0.152 e. The van der Waals surface area contributed by atoms with Crippen LogP contribution in [0.4, 0.5) is 0 Å². The van der Waals surface area contributed by atoms with Crippen LogP contribution in [-0.2, 0) is 16.3 Å². The molecule has 0 bridgehead atoms. The summed E-state index contributed by atoms with van der Waals surface area (Å²) in [6.07, 6.45) is 1.16. The monoisotopic (exact) mass is 289 g/mol. The summed E-state index contributed by atoms with van der Waals surface area (Å²) in [5.41, 5.74) is 7.03. The van der Waals surface area contributed by atoms with Gasteiger partial charge in [-0.15, -0.1) is 0 Å². The standard InChI is InChI=1S/C13H20ClNO2S/c1-10(2)18(16,17)8-7-13(15)9-11-3-5-12(14)6-4-11/h3-6,10,13H,7-9,15H2,1-2H3. The second-order valence-electron chi connectivity index (χ2n) is 4.80. The van der Waals surface area contributed by atoms with Gasteiger partial charge in [-0.3, -0.25) is 0 Å². The molecule has 1 aromatic rings. The van der Waals surface area contributed by atoms with E-state index in [1.165, 1.54) is 0 Å². The maximum Gasteiger partial charge on any atom is 0.152 e. The van der Waals surface area contributed by atoms with Crippen LogP contribution in [0.3, 0.4) is 0 Å². The van der Waals surface area contributed by atoms with Gasteiger partial charge in [0.1, 0.15) is 0 Å². The first-order chi connectivity index (χ1) is 8.31. The lowest BCUT2D eigenvalue weighted by Gasteiger charge is -2.13. The van der Waals surface area contributed by atoms with Crippen LogP contribution < -0.4 is 5.73 Å². The zero-order valence-electron chi connectivity index (χ0n) is 10.8. The van der Waals surface area contributed by atoms with Crippen LogP contribution in [0.1, 0.15) is 25.8 Å². The van der Waals surface area contributed by atoms with Gasteiger partial charge in [0.05, 0.1) is 11.0 Å². The number of nitrogens with two attached hydrogens (primary N) is 1. The van der Waals surface area contributed by atoms with Crippen molar-refractivity contribution < 1.29 is 8.42 Å². The van der Waals surface area contributed by atoms with Crippen molar-refractivity contribution in [2.75, 3.05) is 5.75 Å². The van der Waals surface area contributed by atoms with Gasteiger partial charge in [-0.05, 0) is 44.4 Å². The van der Waals surface area contributed by atoms with Gasteiger partial charge in [-0.25, -0.2) is 8.42 Å². The van der Waals surface area contributed by atoms with Crippen molar-refractivity contribution in [3.8, 4) is 0 Å². The minimum Gasteiger partial charge on any atom is -0.327 e. The van der Waals surface area contributed by atoms with E-state index in [1.54, 1.807) is 13.8 Å². The molecule has 0 aliphatic heterocycles. The fourth-order valence-electron chi connectivity index (χ4n) is 1.58. The maximum absolute atomic E-state index is 11.7. The van der Waals surface area contributed by atoms with E-state index in [-0.39, 0.29) is 17.0 Å². The van der Waals surface area contributed by atoms with Crippen LogP contribution in [0.2, 0.25) is 5.02 Å². The predicted octanol–water partition coefficient (Wildman–Crippen LogP) is 2.42. The average Bonchev–Trinajstić information content (AvgIpc) is 2.29. The molecule has 0 saturated heterocycles. The van der Waals surface area contributed by atoms with Gasteiger partial charge in [0, 0.05) is 11.1 Å². The molecule has 0 heterocycles. The van der Waals surface area contributed by atoms with E-state index in [1.807, 2.05) is 24.3 Å². The first-order valence-electron chi connectivity index (χ1n) is 6.03. The Balaban J connectivity index is 2.48. The molecule has 0 aromatic heterocycles. The molecule has 1 unspecified atom stereocenters. The van der Waals surface area contributed by atoms with Crippen molar-refractivity contribution in [3.05, 3.63) is 34.9 Å². The summed E-state index contributed by atoms with van der Waals surface area (Å²) in [4.78, 5) is 0. The molecule has 102 valence electrons. The SMILES string of the molecule is CC(C)S(=O)(=O)CCC(N)Cc1ccc(Cl)cc1. The van der Waals surface area contributed by atoms with Gasteiger partial charge < -0.3 is 5.73 Å². The Kier molecular flexibility index (Phi) is 5.63. The highest BCUT2D eigenvalue weighted by molar-refractivity contribution is 7.91. The Bertz CT molecular complexity index is 468. The molecule has 3 nitrogen and oxygen atoms in total. The Morgan fingerprint density at radius 3 is 2.28 bits per heavy atom. The highest BCUT2D eigenvalue weighted by atomic mass is 35.5. The van der Waals surface area contributed by atoms with Crippen molar-refractivity contribution >= 4 is 21.4 Å². The largest absolute Gasteiger partial charge is 0.327 e. The molecule has 1 rings (SSSR count). The topological polar surface area (TPSA) is 60.2 Å². The molecule has 0 fully saturated rings. The summed E-state index contributed by atoms with van der Waals surface area (Å²) in [6.45, 7) is 3.39. The van der Waals surface area contributed by atoms with Crippen LogP contribution in [0.15, 0.2) is 24.3 Å². The lowest BCUT2D eigenvalue weighted by atomic mass is 10.1. The molecule has 0 amide bonds. The van der Waals surface area contributed by atoms with Crippen molar-refractivity contribution in [1.29, 1.82) is 0 Å². The Labute approximate surface area is 114 Å². The van der Waals surface area contributed by atoms with Crippen molar-refractivity contribution in [2.24, 2.45) is 5.73 Å². The van der Waals surface area contributed by atoms with Crippen molar-refractivity contribution in [1.82, 2.24) is 0 Å². The summed E-state index contributed by atoms with van der Waals surface area (Å²) in [7, 11) is -2.99. The van der Waals surface area contributed by atoms with Crippen LogP contribution in [0.25, 0.3) is 0 Å². The fraction of sp³-hybridized carbons (Fsp3) is 0.538. The maximum atomic E-state index is 11.7. The van der Waals surface area contributed by atoms with E-state index >= 15 is 0 Å². The molecule has 0 saturated carbocycles. The zero-order chi connectivity index (χ0) is 13.8. The fourth-order valence-corrected chi connectivity index (χ4v) is 2.81. The second-order valence-corrected chi connectivity index (χ2v) is 7.91. The summed E-state index contributed by atoms with van der Waals surface area (Å²) < 4.78 is 23.3. The van der Waals surface area contributed by atoms with Crippen molar-refractivity contribution in [2.45, 2.75) is 38.0 Å². The predicted molar refractivity (Wildman–Crippen MR) is 76.7 cm³/mol. The second kappa shape index (κ2) is 6.55. The zero-order valence-corrected chi connectivity index (χ0v) is 12.3. The molecular formula is C13H20ClNO2S. The van der Waals surface area contributed by atoms with Crippen molar-refractivity contribution in [3.63, 3.8) is 0 Å². The van der Waals surface area contributed by atoms with Crippen LogP contribution in [-0.4, -0.2) is 25.5 Å². The first-order valence-corrected chi connectivity index (χ1v) is 8.12. The van der Waals surface area contributed by atoms with E-state index < -0.39 is 9.84 Å². The number of rotatable bonds is 6. The molecule has 0 aliphatic carbocycles. The lowest BCUT2D eigenvalue weighted by Crippen LogP contribution is -2.28. The quantitative estimate of drug-likeness (QED) is 0.875. The minimum absolute atomic E-state index is 0.139. The molecule has 0 radical (unpaired) electrons. The van der Waals surface area contributed by atoms with E-state index in [0.29, 0.717) is 17.9 Å². The minimum atomic E-state index is -2.99. The molecule has 1 aromatic carbocycles. The normalized spacial score (nSPS) is 13.8. The average molecular weight is 290 g/mol. The Morgan fingerprint density at radius 2 is 1.78 bits per heavy atom. The van der Waals surface area contributed by atoms with E-state index in [4.69, 9.17) is 17.3 Å². The lowest BCUT2D eigenvalue weighted by molar-refractivity contribution is 0.573. The molecule has 0 aliphatic rings. The third-order valence-electron chi connectivity index (χ3n) is 2.90. The van der Waals surface area contributed by atoms with Gasteiger partial charge in [0.25, 0.3) is 0 Å². The summed E-state index contributed by atoms with van der Waals surface area (Å²) in [5.74, 6) is 0.152. The van der Waals surface area contributed by atoms with Gasteiger partial charge >= 0.3 is 0 Å². The van der Waals surface area contributed by atoms with Crippen LogP contribution >= 0.6 is 11.6 Å². The third-order valence-corrected chi connectivity index (χ3v) is 5.40. The molecule has 18 heavy (non-hydrogen) atoms. The van der Waals surface area contributed by atoms with Gasteiger partial charge in [-0.1, -0.05) is 23.7 Å². The van der Waals surface area contributed by atoms with Crippen LogP contribution in [0.5, 0.6) is 0 Å². The number of sulfone groups is 1. The highest BCUT2D eigenvalue weighted by Gasteiger charge is 2.17. The Morgan fingerprint density at radius 1 is 1.22 bits per heavy atom. The first kappa shape index (κ1) is 15.5. The molecule has 2 N–H and O–H groups in total. The highest BCUT2D eigenvalue weighted by Crippen LogP contribution is 2.12. The number of hydrogen-bond acceptors (Lipinski definition) is 3. The summed E-state index contributed by atoms with van der Waals surface area (Å²) in [5, 5.41) is 0.356. The summed E-state index contributed by atoms with van der Waals surface area (Å²) >= 11 is 5.79. The Hall–Kier alpha value is -0.580. The molecule has 0 spiro atoms. The van der Waals surface area contributed by atoms with Gasteiger partial charge in [0.2, 0.25) is 0 Å². The van der Waals surface area contributed by atoms with Crippen LogP contribution in [0, 0.1) is 0 Å². The van der Waals surface area contributed by atoms with E-state index in [2.05, 4.69) is 0 Å². The van der Waals surface area contributed by atoms with E-state index in [0.717, 1.165) is 5.56 Å². The third kappa shape index (κ3) is 4.96. The number of halogens is 1.